The Bertz CT molecular complexity index is 375. The van der Waals surface area contributed by atoms with Crippen LogP contribution in [-0.4, -0.2) is 6.61 Å². The van der Waals surface area contributed by atoms with Crippen LogP contribution in [0.5, 0.6) is 0 Å². The monoisotopic (exact) mass is 251 g/mol. The Morgan fingerprint density at radius 3 is 2.61 bits per heavy atom. The van der Waals surface area contributed by atoms with Crippen LogP contribution in [0.4, 0.5) is 4.39 Å². The molecule has 0 aromatic heterocycles. The highest BCUT2D eigenvalue weighted by Crippen LogP contribution is 2.24. The predicted molar refractivity (Wildman–Crippen MR) is 70.5 cm³/mol. The normalized spacial score (nSPS) is 17.0. The van der Waals surface area contributed by atoms with Crippen LogP contribution in [0.3, 0.4) is 0 Å². The van der Waals surface area contributed by atoms with Crippen LogP contribution in [0.15, 0.2) is 18.2 Å². The van der Waals surface area contributed by atoms with Crippen LogP contribution >= 0.6 is 0 Å². The number of hydrogen-bond donors (Lipinski definition) is 1. The Morgan fingerprint density at radius 2 is 1.89 bits per heavy atom. The summed E-state index contributed by atoms with van der Waals surface area (Å²) < 4.78 is 19.5. The smallest absolute Gasteiger partial charge is 0.133 e. The fraction of sp³-hybridized carbons (Fsp3) is 0.600. The summed E-state index contributed by atoms with van der Waals surface area (Å²) in [6.07, 6.45) is 6.48. The van der Waals surface area contributed by atoms with E-state index in [0.717, 1.165) is 6.61 Å². The van der Waals surface area contributed by atoms with Crippen molar-refractivity contribution in [3.63, 3.8) is 0 Å². The third-order valence-electron chi connectivity index (χ3n) is 3.71. The number of rotatable bonds is 5. The Morgan fingerprint density at radius 1 is 1.17 bits per heavy atom. The summed E-state index contributed by atoms with van der Waals surface area (Å²) in [6.45, 7) is 1.35. The van der Waals surface area contributed by atoms with Gasteiger partial charge in [0.05, 0.1) is 6.61 Å². The molecule has 0 spiro atoms. The van der Waals surface area contributed by atoms with Gasteiger partial charge in [-0.2, -0.15) is 0 Å². The molecular formula is C15H22FNO. The van der Waals surface area contributed by atoms with Gasteiger partial charge in [0.1, 0.15) is 5.82 Å². The highest BCUT2D eigenvalue weighted by atomic mass is 19.1. The van der Waals surface area contributed by atoms with Gasteiger partial charge in [-0.3, -0.25) is 0 Å². The van der Waals surface area contributed by atoms with Crippen molar-refractivity contribution in [1.82, 2.24) is 0 Å². The molecule has 1 aromatic rings. The van der Waals surface area contributed by atoms with Crippen molar-refractivity contribution in [3.05, 3.63) is 35.1 Å². The predicted octanol–water partition coefficient (Wildman–Crippen LogP) is 3.38. The van der Waals surface area contributed by atoms with Gasteiger partial charge >= 0.3 is 0 Å². The second kappa shape index (κ2) is 6.86. The van der Waals surface area contributed by atoms with E-state index in [2.05, 4.69) is 0 Å². The van der Waals surface area contributed by atoms with E-state index in [1.807, 2.05) is 6.07 Å². The number of nitrogens with two attached hydrogens (primary N) is 1. The second-order valence-corrected chi connectivity index (χ2v) is 5.11. The molecular weight excluding hydrogens is 229 g/mol. The topological polar surface area (TPSA) is 35.2 Å². The maximum atomic E-state index is 13.9. The van der Waals surface area contributed by atoms with Gasteiger partial charge in [-0.15, -0.1) is 0 Å². The standard InChI is InChI=1S/C15H22FNO/c16-15-13(9-17)7-4-8-14(15)11-18-10-12-5-2-1-3-6-12/h4,7-8,12H,1-3,5-6,9-11,17H2. The first-order valence-corrected chi connectivity index (χ1v) is 6.85. The van der Waals surface area contributed by atoms with E-state index in [4.69, 9.17) is 10.5 Å². The summed E-state index contributed by atoms with van der Waals surface area (Å²) in [5.74, 6) is 0.461. The molecule has 0 amide bonds. The Balaban J connectivity index is 1.82. The van der Waals surface area contributed by atoms with E-state index < -0.39 is 0 Å². The SMILES string of the molecule is NCc1cccc(COCC2CCCCC2)c1F. The van der Waals surface area contributed by atoms with E-state index in [1.54, 1.807) is 12.1 Å². The zero-order chi connectivity index (χ0) is 12.8. The molecule has 1 aliphatic carbocycles. The fourth-order valence-electron chi connectivity index (χ4n) is 2.59. The van der Waals surface area contributed by atoms with Gasteiger partial charge in [-0.05, 0) is 18.8 Å². The minimum absolute atomic E-state index is 0.205. The zero-order valence-electron chi connectivity index (χ0n) is 10.8. The van der Waals surface area contributed by atoms with Gasteiger partial charge in [0, 0.05) is 24.3 Å². The Kier molecular flexibility index (Phi) is 5.14. The maximum Gasteiger partial charge on any atom is 0.133 e. The summed E-state index contributed by atoms with van der Waals surface area (Å²) in [7, 11) is 0. The van der Waals surface area contributed by atoms with Gasteiger partial charge in [0.25, 0.3) is 0 Å². The lowest BCUT2D eigenvalue weighted by atomic mass is 9.90. The van der Waals surface area contributed by atoms with Gasteiger partial charge in [0.2, 0.25) is 0 Å². The minimum Gasteiger partial charge on any atom is -0.376 e. The van der Waals surface area contributed by atoms with E-state index in [1.165, 1.54) is 32.1 Å². The molecule has 0 heterocycles. The van der Waals surface area contributed by atoms with Crippen molar-refractivity contribution in [2.45, 2.75) is 45.3 Å². The van der Waals surface area contributed by atoms with Crippen molar-refractivity contribution < 1.29 is 9.13 Å². The number of halogens is 1. The first kappa shape index (κ1) is 13.5. The van der Waals surface area contributed by atoms with Crippen LogP contribution in [0.2, 0.25) is 0 Å². The van der Waals surface area contributed by atoms with E-state index >= 15 is 0 Å². The molecule has 0 bridgehead atoms. The van der Waals surface area contributed by atoms with Gasteiger partial charge < -0.3 is 10.5 Å². The molecule has 0 radical (unpaired) electrons. The van der Waals surface area contributed by atoms with Crippen LogP contribution in [0.25, 0.3) is 0 Å². The lowest BCUT2D eigenvalue weighted by Crippen LogP contribution is -2.13. The summed E-state index contributed by atoms with van der Waals surface area (Å²) in [6, 6.07) is 5.33. The quantitative estimate of drug-likeness (QED) is 0.870. The molecule has 1 saturated carbocycles. The van der Waals surface area contributed by atoms with Crippen molar-refractivity contribution in [2.75, 3.05) is 6.61 Å². The average Bonchev–Trinajstić information content (AvgIpc) is 2.42. The summed E-state index contributed by atoms with van der Waals surface area (Å²) in [5, 5.41) is 0. The molecule has 1 aliphatic rings. The lowest BCUT2D eigenvalue weighted by Gasteiger charge is -2.21. The highest BCUT2D eigenvalue weighted by Gasteiger charge is 2.14. The van der Waals surface area contributed by atoms with Crippen LogP contribution < -0.4 is 5.73 Å². The van der Waals surface area contributed by atoms with Crippen LogP contribution in [-0.2, 0) is 17.9 Å². The number of hydrogen-bond acceptors (Lipinski definition) is 2. The zero-order valence-corrected chi connectivity index (χ0v) is 10.8. The summed E-state index contributed by atoms with van der Waals surface area (Å²) in [5.41, 5.74) is 6.67. The Labute approximate surface area is 108 Å². The van der Waals surface area contributed by atoms with Gasteiger partial charge in [0.15, 0.2) is 0 Å². The molecule has 18 heavy (non-hydrogen) atoms. The van der Waals surface area contributed by atoms with Crippen molar-refractivity contribution in [2.24, 2.45) is 11.7 Å². The molecule has 3 heteroatoms. The molecule has 1 aromatic carbocycles. The molecule has 0 atom stereocenters. The molecule has 1 fully saturated rings. The first-order valence-electron chi connectivity index (χ1n) is 6.85. The molecule has 0 aliphatic heterocycles. The largest absolute Gasteiger partial charge is 0.376 e. The first-order chi connectivity index (χ1) is 8.81. The Hall–Kier alpha value is -0.930. The molecule has 0 unspecified atom stereocenters. The van der Waals surface area contributed by atoms with E-state index in [-0.39, 0.29) is 12.4 Å². The number of benzene rings is 1. The third kappa shape index (κ3) is 3.53. The van der Waals surface area contributed by atoms with Crippen molar-refractivity contribution in [1.29, 1.82) is 0 Å². The third-order valence-corrected chi connectivity index (χ3v) is 3.71. The van der Waals surface area contributed by atoms with E-state index in [9.17, 15) is 4.39 Å². The molecule has 2 rings (SSSR count). The second-order valence-electron chi connectivity index (χ2n) is 5.11. The van der Waals surface area contributed by atoms with Crippen LogP contribution in [0.1, 0.15) is 43.2 Å². The van der Waals surface area contributed by atoms with Crippen molar-refractivity contribution >= 4 is 0 Å². The maximum absolute atomic E-state index is 13.9. The van der Waals surface area contributed by atoms with Gasteiger partial charge in [-0.1, -0.05) is 37.5 Å². The lowest BCUT2D eigenvalue weighted by molar-refractivity contribution is 0.0722. The average molecular weight is 251 g/mol. The molecule has 100 valence electrons. The van der Waals surface area contributed by atoms with E-state index in [0.29, 0.717) is 23.7 Å². The molecule has 2 nitrogen and oxygen atoms in total. The summed E-state index contributed by atoms with van der Waals surface area (Å²) in [4.78, 5) is 0. The van der Waals surface area contributed by atoms with Gasteiger partial charge in [-0.25, -0.2) is 4.39 Å². The molecule has 2 N–H and O–H groups in total. The highest BCUT2D eigenvalue weighted by molar-refractivity contribution is 5.25. The van der Waals surface area contributed by atoms with Crippen LogP contribution in [0, 0.1) is 11.7 Å². The summed E-state index contributed by atoms with van der Waals surface area (Å²) >= 11 is 0. The molecule has 0 saturated heterocycles. The fourth-order valence-corrected chi connectivity index (χ4v) is 2.59. The number of ether oxygens (including phenoxy) is 1. The minimum atomic E-state index is -0.205. The van der Waals surface area contributed by atoms with Crippen molar-refractivity contribution in [3.8, 4) is 0 Å².